The van der Waals surface area contributed by atoms with Crippen LogP contribution in [0.2, 0.25) is 0 Å². The third-order valence-electron chi connectivity index (χ3n) is 5.71. The molecule has 1 heterocycles. The van der Waals surface area contributed by atoms with Crippen molar-refractivity contribution in [2.24, 2.45) is 0 Å². The third-order valence-corrected chi connectivity index (χ3v) is 5.71. The summed E-state index contributed by atoms with van der Waals surface area (Å²) in [4.78, 5) is 75.2. The summed E-state index contributed by atoms with van der Waals surface area (Å²) in [5, 5.41) is 41.5. The number of nitrogens with one attached hydrogen (secondary N) is 2. The van der Waals surface area contributed by atoms with Crippen molar-refractivity contribution in [2.75, 3.05) is 91.6 Å². The Morgan fingerprint density at radius 1 is 0.447 bits per heavy atom. The van der Waals surface area contributed by atoms with E-state index in [1.54, 1.807) is 19.6 Å². The molecule has 2 amide bonds. The first kappa shape index (κ1) is 32.7. The molecule has 0 atom stereocenters. The molecule has 0 saturated carbocycles. The van der Waals surface area contributed by atoms with E-state index in [0.717, 1.165) is 0 Å². The Kier molecular flexibility index (Phi) is 15.5. The van der Waals surface area contributed by atoms with Gasteiger partial charge in [0.1, 0.15) is 0 Å². The van der Waals surface area contributed by atoms with Gasteiger partial charge in [0, 0.05) is 71.9 Å². The van der Waals surface area contributed by atoms with Gasteiger partial charge in [-0.1, -0.05) is 0 Å². The Hall–Kier alpha value is -3.34. The number of amides is 2. The summed E-state index contributed by atoms with van der Waals surface area (Å²) in [6.07, 6.45) is -0.451. The molecule has 1 saturated heterocycles. The topological polar surface area (TPSA) is 220 Å². The maximum atomic E-state index is 12.5. The van der Waals surface area contributed by atoms with Crippen molar-refractivity contribution in [1.29, 1.82) is 0 Å². The summed E-state index contributed by atoms with van der Waals surface area (Å²) < 4.78 is 0. The lowest BCUT2D eigenvalue weighted by Crippen LogP contribution is -2.50. The first-order chi connectivity index (χ1) is 17.9. The molecule has 1 rings (SSSR count). The molecule has 16 heteroatoms. The van der Waals surface area contributed by atoms with Crippen molar-refractivity contribution < 1.29 is 49.2 Å². The summed E-state index contributed by atoms with van der Waals surface area (Å²) in [5.74, 6) is -4.99. The van der Waals surface area contributed by atoms with Crippen LogP contribution in [0.1, 0.15) is 12.8 Å². The Bertz CT molecular complexity index is 794. The molecule has 0 aromatic rings. The van der Waals surface area contributed by atoms with Gasteiger partial charge in [0.2, 0.25) is 11.8 Å². The van der Waals surface area contributed by atoms with Crippen molar-refractivity contribution >= 4 is 35.7 Å². The van der Waals surface area contributed by atoms with Gasteiger partial charge in [-0.25, -0.2) is 0 Å². The summed E-state index contributed by atoms with van der Waals surface area (Å²) >= 11 is 0. The molecule has 16 nitrogen and oxygen atoms in total. The molecular formula is C22H38N6O10. The quantitative estimate of drug-likeness (QED) is 0.117. The predicted octanol–water partition coefficient (Wildman–Crippen LogP) is -3.44. The van der Waals surface area contributed by atoms with E-state index in [4.69, 9.17) is 5.11 Å². The summed E-state index contributed by atoms with van der Waals surface area (Å²) in [6, 6.07) is 0. The number of aliphatic carboxylic acids is 4. The molecule has 0 aromatic carbocycles. The highest BCUT2D eigenvalue weighted by Gasteiger charge is 2.21. The van der Waals surface area contributed by atoms with Crippen LogP contribution in [-0.2, 0) is 28.8 Å². The highest BCUT2D eigenvalue weighted by atomic mass is 16.4. The van der Waals surface area contributed by atoms with Crippen LogP contribution in [0.25, 0.3) is 0 Å². The molecule has 1 fully saturated rings. The van der Waals surface area contributed by atoms with Crippen molar-refractivity contribution in [3.05, 3.63) is 0 Å². The number of nitrogens with zero attached hydrogens (tertiary/aromatic N) is 4. The highest BCUT2D eigenvalue weighted by molar-refractivity contribution is 5.81. The van der Waals surface area contributed by atoms with Crippen LogP contribution in [-0.4, -0.2) is 167 Å². The van der Waals surface area contributed by atoms with Gasteiger partial charge < -0.3 is 31.1 Å². The molecule has 1 aliphatic rings. The third kappa shape index (κ3) is 16.4. The van der Waals surface area contributed by atoms with E-state index in [9.17, 15) is 44.1 Å². The number of carboxylic acid groups (broad SMARTS) is 4. The van der Waals surface area contributed by atoms with Crippen molar-refractivity contribution in [2.45, 2.75) is 12.8 Å². The summed E-state index contributed by atoms with van der Waals surface area (Å²) in [5.41, 5.74) is 0. The second-order valence-corrected chi connectivity index (χ2v) is 8.88. The molecule has 0 bridgehead atoms. The SMILES string of the molecule is O=C(O)CCC(=O)NCCNC(=O)CN1CCN(CC(=O)O)CCN(CC(=O)O)CCN(CC(=O)O)CC1. The van der Waals surface area contributed by atoms with E-state index in [2.05, 4.69) is 10.6 Å². The van der Waals surface area contributed by atoms with Crippen LogP contribution in [0.4, 0.5) is 0 Å². The van der Waals surface area contributed by atoms with Gasteiger partial charge >= 0.3 is 23.9 Å². The van der Waals surface area contributed by atoms with Gasteiger partial charge in [-0.05, 0) is 0 Å². The van der Waals surface area contributed by atoms with Crippen LogP contribution in [0.5, 0.6) is 0 Å². The zero-order valence-corrected chi connectivity index (χ0v) is 21.3. The lowest BCUT2D eigenvalue weighted by atomic mass is 10.3. The molecule has 0 aromatic heterocycles. The number of hydrogen-bond donors (Lipinski definition) is 6. The van der Waals surface area contributed by atoms with Gasteiger partial charge in [0.25, 0.3) is 0 Å². The van der Waals surface area contributed by atoms with Gasteiger partial charge in [-0.2, -0.15) is 0 Å². The van der Waals surface area contributed by atoms with Crippen LogP contribution >= 0.6 is 0 Å². The maximum Gasteiger partial charge on any atom is 0.317 e. The molecule has 0 aliphatic carbocycles. The van der Waals surface area contributed by atoms with E-state index in [1.165, 1.54) is 0 Å². The number of carbonyl (C=O) groups is 6. The standard InChI is InChI=1S/C22H38N6O10/c29-17(1-2-19(31)32)23-3-4-24-18(30)13-25-5-7-26(14-20(33)34)9-11-28(16-22(37)38)12-10-27(8-6-25)15-21(35)36/h1-16H2,(H,23,29)(H,24,30)(H,31,32)(H,33,34)(H,35,36)(H,37,38). The molecule has 38 heavy (non-hydrogen) atoms. The fourth-order valence-electron chi connectivity index (χ4n) is 3.76. The Balaban J connectivity index is 2.75. The molecule has 1 aliphatic heterocycles. The Labute approximate surface area is 220 Å². The smallest absolute Gasteiger partial charge is 0.317 e. The number of hydrogen-bond acceptors (Lipinski definition) is 10. The first-order valence-corrected chi connectivity index (χ1v) is 12.2. The largest absolute Gasteiger partial charge is 0.481 e. The second kappa shape index (κ2) is 18.0. The van der Waals surface area contributed by atoms with E-state index in [1.807, 2.05) is 0 Å². The van der Waals surface area contributed by atoms with Gasteiger partial charge in [-0.15, -0.1) is 0 Å². The minimum Gasteiger partial charge on any atom is -0.481 e. The van der Waals surface area contributed by atoms with Gasteiger partial charge in [0.15, 0.2) is 0 Å². The Morgan fingerprint density at radius 3 is 1.08 bits per heavy atom. The van der Waals surface area contributed by atoms with E-state index in [0.29, 0.717) is 26.2 Å². The minimum absolute atomic E-state index is 0.0417. The van der Waals surface area contributed by atoms with E-state index >= 15 is 0 Å². The van der Waals surface area contributed by atoms with Crippen LogP contribution in [0.3, 0.4) is 0 Å². The molecule has 0 radical (unpaired) electrons. The van der Waals surface area contributed by atoms with Crippen LogP contribution in [0.15, 0.2) is 0 Å². The van der Waals surface area contributed by atoms with E-state index in [-0.39, 0.29) is 84.2 Å². The van der Waals surface area contributed by atoms with Crippen molar-refractivity contribution in [1.82, 2.24) is 30.2 Å². The van der Waals surface area contributed by atoms with Crippen LogP contribution in [0, 0.1) is 0 Å². The predicted molar refractivity (Wildman–Crippen MR) is 132 cm³/mol. The minimum atomic E-state index is -1.08. The van der Waals surface area contributed by atoms with E-state index < -0.39 is 29.8 Å². The second-order valence-electron chi connectivity index (χ2n) is 8.88. The number of carbonyl (C=O) groups excluding carboxylic acids is 2. The zero-order valence-electron chi connectivity index (χ0n) is 21.3. The number of carboxylic acids is 4. The molecule has 0 unspecified atom stereocenters. The van der Waals surface area contributed by atoms with Crippen molar-refractivity contribution in [3.8, 4) is 0 Å². The lowest BCUT2D eigenvalue weighted by Gasteiger charge is -2.32. The first-order valence-electron chi connectivity index (χ1n) is 12.2. The lowest BCUT2D eigenvalue weighted by molar-refractivity contribution is -0.140. The average molecular weight is 547 g/mol. The normalized spacial score (nSPS) is 17.1. The van der Waals surface area contributed by atoms with Crippen LogP contribution < -0.4 is 10.6 Å². The molecule has 0 spiro atoms. The highest BCUT2D eigenvalue weighted by Crippen LogP contribution is 2.01. The average Bonchev–Trinajstić information content (AvgIpc) is 2.81. The molecule has 216 valence electrons. The maximum absolute atomic E-state index is 12.5. The summed E-state index contributed by atoms with van der Waals surface area (Å²) in [6.45, 7) is 1.75. The monoisotopic (exact) mass is 546 g/mol. The number of rotatable bonds is 14. The molecular weight excluding hydrogens is 508 g/mol. The van der Waals surface area contributed by atoms with Gasteiger partial charge in [0.05, 0.1) is 32.6 Å². The van der Waals surface area contributed by atoms with Crippen molar-refractivity contribution in [3.63, 3.8) is 0 Å². The molecule has 6 N–H and O–H groups in total. The fraction of sp³-hybridized carbons (Fsp3) is 0.727. The van der Waals surface area contributed by atoms with Gasteiger partial charge in [-0.3, -0.25) is 48.4 Å². The zero-order chi connectivity index (χ0) is 28.5. The Morgan fingerprint density at radius 2 is 0.763 bits per heavy atom. The summed E-state index contributed by atoms with van der Waals surface area (Å²) in [7, 11) is 0. The fourth-order valence-corrected chi connectivity index (χ4v) is 3.76.